The normalized spacial score (nSPS) is 15.9. The van der Waals surface area contributed by atoms with Crippen LogP contribution in [0.25, 0.3) is 23.0 Å². The van der Waals surface area contributed by atoms with E-state index in [4.69, 9.17) is 9.84 Å². The third kappa shape index (κ3) is 6.02. The molecule has 1 atom stereocenters. The maximum absolute atomic E-state index is 13.2. The third-order valence-corrected chi connectivity index (χ3v) is 8.44. The number of sulfonamides is 1. The van der Waals surface area contributed by atoms with Crippen LogP contribution < -0.4 is 5.32 Å². The van der Waals surface area contributed by atoms with Gasteiger partial charge in [0.25, 0.3) is 5.91 Å². The lowest BCUT2D eigenvalue weighted by molar-refractivity contribution is -0.117. The van der Waals surface area contributed by atoms with E-state index in [2.05, 4.69) is 5.32 Å². The van der Waals surface area contributed by atoms with E-state index in [9.17, 15) is 18.5 Å². The Kier molecular flexibility index (Phi) is 8.73. The molecule has 9 nitrogen and oxygen atoms in total. The molecule has 0 unspecified atom stereocenters. The van der Waals surface area contributed by atoms with E-state index in [-0.39, 0.29) is 16.6 Å². The first-order valence-corrected chi connectivity index (χ1v) is 14.1. The standard InChI is InChI=1S/C28H31N5O4S/c1-3-32(4-2)38(35,36)26-14-8-10-21(17-26)27-23(20-33(31-27)24-11-6-5-7-12-24)16-22(18-29)28(34)30-19-25-13-9-15-37-25/h5-8,10-12,14,16-17,20,25H,3-4,9,13,15,19H2,1-2H3,(H,30,34)/b22-16+/t25-/m1/s1. The lowest BCUT2D eigenvalue weighted by atomic mass is 10.1. The maximum atomic E-state index is 13.2. The van der Waals surface area contributed by atoms with Crippen LogP contribution in [-0.2, 0) is 19.6 Å². The number of hydrogen-bond acceptors (Lipinski definition) is 6. The summed E-state index contributed by atoms with van der Waals surface area (Å²) in [5, 5.41) is 17.3. The Morgan fingerprint density at radius 2 is 1.97 bits per heavy atom. The minimum absolute atomic E-state index is 0.0502. The van der Waals surface area contributed by atoms with Crippen molar-refractivity contribution in [2.75, 3.05) is 26.2 Å². The van der Waals surface area contributed by atoms with Crippen LogP contribution in [0.3, 0.4) is 0 Å². The fourth-order valence-electron chi connectivity index (χ4n) is 4.36. The highest BCUT2D eigenvalue weighted by atomic mass is 32.2. The van der Waals surface area contributed by atoms with E-state index >= 15 is 0 Å². The van der Waals surface area contributed by atoms with Crippen molar-refractivity contribution in [3.63, 3.8) is 0 Å². The van der Waals surface area contributed by atoms with Crippen molar-refractivity contribution in [2.24, 2.45) is 0 Å². The first kappa shape index (κ1) is 27.3. The summed E-state index contributed by atoms with van der Waals surface area (Å²) in [6.45, 7) is 5.30. The van der Waals surface area contributed by atoms with Crippen molar-refractivity contribution >= 4 is 22.0 Å². The molecule has 1 saturated heterocycles. The zero-order chi connectivity index (χ0) is 27.1. The van der Waals surface area contributed by atoms with Crippen LogP contribution in [0.2, 0.25) is 0 Å². The van der Waals surface area contributed by atoms with Gasteiger partial charge in [0.15, 0.2) is 0 Å². The van der Waals surface area contributed by atoms with Gasteiger partial charge in [0.1, 0.15) is 17.3 Å². The molecule has 1 aliphatic heterocycles. The summed E-state index contributed by atoms with van der Waals surface area (Å²) in [5.74, 6) is -0.501. The number of nitrogens with one attached hydrogen (secondary N) is 1. The summed E-state index contributed by atoms with van der Waals surface area (Å²) >= 11 is 0. The second-order valence-electron chi connectivity index (χ2n) is 8.85. The first-order valence-electron chi connectivity index (χ1n) is 12.6. The van der Waals surface area contributed by atoms with Crippen LogP contribution in [0.4, 0.5) is 0 Å². The summed E-state index contributed by atoms with van der Waals surface area (Å²) in [6, 6.07) is 18.0. The molecule has 1 amide bonds. The number of ether oxygens (including phenoxy) is 1. The Hall–Kier alpha value is -3.78. The molecular weight excluding hydrogens is 502 g/mol. The highest BCUT2D eigenvalue weighted by Gasteiger charge is 2.23. The number of nitriles is 1. The number of hydrogen-bond donors (Lipinski definition) is 1. The Bertz CT molecular complexity index is 1450. The molecule has 0 saturated carbocycles. The Balaban J connectivity index is 1.75. The highest BCUT2D eigenvalue weighted by Crippen LogP contribution is 2.28. The number of carbonyl (C=O) groups excluding carboxylic acids is 1. The summed E-state index contributed by atoms with van der Waals surface area (Å²) in [6.07, 6.45) is 4.98. The average Bonchev–Trinajstić information content (AvgIpc) is 3.62. The molecule has 3 aromatic rings. The topological polar surface area (TPSA) is 117 Å². The Morgan fingerprint density at radius 1 is 1.21 bits per heavy atom. The molecule has 1 fully saturated rings. The van der Waals surface area contributed by atoms with Gasteiger partial charge in [-0.1, -0.05) is 44.2 Å². The zero-order valence-electron chi connectivity index (χ0n) is 21.5. The highest BCUT2D eigenvalue weighted by molar-refractivity contribution is 7.89. The van der Waals surface area contributed by atoms with Gasteiger partial charge in [0, 0.05) is 43.6 Å². The number of amides is 1. The fourth-order valence-corrected chi connectivity index (χ4v) is 5.86. The number of para-hydroxylation sites is 1. The van der Waals surface area contributed by atoms with Crippen LogP contribution in [0.1, 0.15) is 32.3 Å². The van der Waals surface area contributed by atoms with Gasteiger partial charge in [-0.15, -0.1) is 0 Å². The van der Waals surface area contributed by atoms with E-state index in [0.717, 1.165) is 18.5 Å². The van der Waals surface area contributed by atoms with E-state index in [1.54, 1.807) is 49.0 Å². The van der Waals surface area contributed by atoms with E-state index in [1.807, 2.05) is 36.4 Å². The molecule has 4 rings (SSSR count). The lowest BCUT2D eigenvalue weighted by Crippen LogP contribution is -2.32. The van der Waals surface area contributed by atoms with Crippen molar-refractivity contribution < 1.29 is 17.9 Å². The Labute approximate surface area is 223 Å². The molecule has 38 heavy (non-hydrogen) atoms. The molecule has 2 aromatic carbocycles. The van der Waals surface area contributed by atoms with Gasteiger partial charge in [0.2, 0.25) is 10.0 Å². The van der Waals surface area contributed by atoms with Gasteiger partial charge in [0.05, 0.1) is 16.7 Å². The molecule has 1 aromatic heterocycles. The summed E-state index contributed by atoms with van der Waals surface area (Å²) < 4.78 is 34.9. The minimum Gasteiger partial charge on any atom is -0.376 e. The van der Waals surface area contributed by atoms with Gasteiger partial charge in [-0.3, -0.25) is 4.79 Å². The monoisotopic (exact) mass is 533 g/mol. The predicted octanol–water partition coefficient (Wildman–Crippen LogP) is 3.77. The molecule has 1 aliphatic rings. The number of nitrogens with zero attached hydrogens (tertiary/aromatic N) is 4. The number of rotatable bonds is 10. The van der Waals surface area contributed by atoms with Crippen LogP contribution in [0.5, 0.6) is 0 Å². The smallest absolute Gasteiger partial charge is 0.262 e. The quantitative estimate of drug-likeness (QED) is 0.313. The van der Waals surface area contributed by atoms with Gasteiger partial charge >= 0.3 is 0 Å². The molecular formula is C28H31N5O4S. The molecule has 1 N–H and O–H groups in total. The Morgan fingerprint density at radius 3 is 2.63 bits per heavy atom. The largest absolute Gasteiger partial charge is 0.376 e. The third-order valence-electron chi connectivity index (χ3n) is 6.39. The molecule has 198 valence electrons. The summed E-state index contributed by atoms with van der Waals surface area (Å²) in [4.78, 5) is 13.0. The van der Waals surface area contributed by atoms with Crippen molar-refractivity contribution in [2.45, 2.75) is 37.7 Å². The molecule has 0 aliphatic carbocycles. The van der Waals surface area contributed by atoms with Crippen LogP contribution >= 0.6 is 0 Å². The van der Waals surface area contributed by atoms with Crippen LogP contribution in [0, 0.1) is 11.3 Å². The first-order chi connectivity index (χ1) is 18.4. The predicted molar refractivity (Wildman–Crippen MR) is 145 cm³/mol. The van der Waals surface area contributed by atoms with Crippen molar-refractivity contribution in [1.82, 2.24) is 19.4 Å². The van der Waals surface area contributed by atoms with E-state index in [1.165, 1.54) is 10.4 Å². The van der Waals surface area contributed by atoms with E-state index in [0.29, 0.717) is 43.1 Å². The SMILES string of the molecule is CCN(CC)S(=O)(=O)c1cccc(-c2nn(-c3ccccc3)cc2/C=C(\C#N)C(=O)NC[C@H]2CCCO2)c1. The molecule has 0 spiro atoms. The summed E-state index contributed by atoms with van der Waals surface area (Å²) in [5.41, 5.74) is 2.21. The van der Waals surface area contributed by atoms with Crippen molar-refractivity contribution in [3.05, 3.63) is 71.9 Å². The minimum atomic E-state index is -3.69. The number of carbonyl (C=O) groups is 1. The molecule has 0 radical (unpaired) electrons. The van der Waals surface area contributed by atoms with Gasteiger partial charge < -0.3 is 10.1 Å². The molecule has 2 heterocycles. The summed E-state index contributed by atoms with van der Waals surface area (Å²) in [7, 11) is -3.69. The van der Waals surface area contributed by atoms with Gasteiger partial charge in [-0.2, -0.15) is 14.7 Å². The van der Waals surface area contributed by atoms with Gasteiger partial charge in [-0.25, -0.2) is 13.1 Å². The van der Waals surface area contributed by atoms with Crippen molar-refractivity contribution in [1.29, 1.82) is 5.26 Å². The zero-order valence-corrected chi connectivity index (χ0v) is 22.3. The molecule has 0 bridgehead atoms. The van der Waals surface area contributed by atoms with Crippen LogP contribution in [0.15, 0.2) is 71.3 Å². The second-order valence-corrected chi connectivity index (χ2v) is 10.8. The molecule has 10 heteroatoms. The number of aromatic nitrogens is 2. The van der Waals surface area contributed by atoms with Crippen LogP contribution in [-0.4, -0.2) is 60.8 Å². The maximum Gasteiger partial charge on any atom is 0.262 e. The van der Waals surface area contributed by atoms with Gasteiger partial charge in [-0.05, 0) is 43.2 Å². The number of benzene rings is 2. The lowest BCUT2D eigenvalue weighted by Gasteiger charge is -2.18. The average molecular weight is 534 g/mol. The second kappa shape index (κ2) is 12.2. The van der Waals surface area contributed by atoms with Crippen molar-refractivity contribution in [3.8, 4) is 23.0 Å². The van der Waals surface area contributed by atoms with E-state index < -0.39 is 15.9 Å². The fraction of sp³-hybridized carbons (Fsp3) is 0.321.